The van der Waals surface area contributed by atoms with Gasteiger partial charge in [0.1, 0.15) is 6.04 Å². The van der Waals surface area contributed by atoms with Crippen LogP contribution in [-0.2, 0) is 4.79 Å². The Bertz CT molecular complexity index is 331. The van der Waals surface area contributed by atoms with Gasteiger partial charge in [0.2, 0.25) is 0 Å². The lowest BCUT2D eigenvalue weighted by Crippen LogP contribution is -2.53. The maximum atomic E-state index is 12.1. The fourth-order valence-electron chi connectivity index (χ4n) is 2.59. The summed E-state index contributed by atoms with van der Waals surface area (Å²) in [4.78, 5) is 24.8. The van der Waals surface area contributed by atoms with Gasteiger partial charge in [-0.15, -0.1) is 0 Å². The normalized spacial score (nSPS) is 22.9. The summed E-state index contributed by atoms with van der Waals surface area (Å²) in [6, 6.07) is -0.900. The molecule has 0 radical (unpaired) electrons. The number of carbonyl (C=O) groups is 2. The average Bonchev–Trinajstić information content (AvgIpc) is 2.37. The van der Waals surface area contributed by atoms with Crippen molar-refractivity contribution in [1.82, 2.24) is 10.2 Å². The van der Waals surface area contributed by atoms with Crippen LogP contribution in [0.15, 0.2) is 0 Å². The first kappa shape index (κ1) is 16.8. The van der Waals surface area contributed by atoms with E-state index in [0.717, 1.165) is 25.7 Å². The Morgan fingerprint density at radius 3 is 2.65 bits per heavy atom. The van der Waals surface area contributed by atoms with Gasteiger partial charge in [-0.25, -0.2) is 9.59 Å². The van der Waals surface area contributed by atoms with Gasteiger partial charge in [-0.2, -0.15) is 0 Å². The van der Waals surface area contributed by atoms with E-state index < -0.39 is 12.0 Å². The van der Waals surface area contributed by atoms with Gasteiger partial charge in [-0.1, -0.05) is 33.6 Å². The third-order valence-corrected chi connectivity index (χ3v) is 3.90. The summed E-state index contributed by atoms with van der Waals surface area (Å²) in [6.07, 6.45) is 4.64. The second-order valence-corrected chi connectivity index (χ2v) is 6.30. The first-order valence-electron chi connectivity index (χ1n) is 7.69. The predicted molar refractivity (Wildman–Crippen MR) is 78.6 cm³/mol. The van der Waals surface area contributed by atoms with Crippen LogP contribution in [0.5, 0.6) is 0 Å². The SMILES string of the molecule is CC(C)CCCCNC(=O)N1CCC(C)CC1C(=O)O. The summed E-state index contributed by atoms with van der Waals surface area (Å²) in [5.41, 5.74) is 0. The van der Waals surface area contributed by atoms with Gasteiger partial charge in [-0.3, -0.25) is 0 Å². The molecular formula is C15H28N2O3. The van der Waals surface area contributed by atoms with Gasteiger partial charge in [0.15, 0.2) is 0 Å². The second-order valence-electron chi connectivity index (χ2n) is 6.30. The number of nitrogens with one attached hydrogen (secondary N) is 1. The molecule has 0 aromatic rings. The molecule has 1 aliphatic heterocycles. The molecule has 0 aliphatic carbocycles. The van der Waals surface area contributed by atoms with Gasteiger partial charge in [0, 0.05) is 13.1 Å². The number of carboxylic acids is 1. The van der Waals surface area contributed by atoms with Crippen molar-refractivity contribution in [3.63, 3.8) is 0 Å². The number of piperidine rings is 1. The van der Waals surface area contributed by atoms with E-state index in [1.165, 1.54) is 4.90 Å². The number of hydrogen-bond acceptors (Lipinski definition) is 2. The standard InChI is InChI=1S/C15H28N2O3/c1-11(2)6-4-5-8-16-15(20)17-9-7-12(3)10-13(17)14(18)19/h11-13H,4-10H2,1-3H3,(H,16,20)(H,18,19). The van der Waals surface area contributed by atoms with Crippen molar-refractivity contribution < 1.29 is 14.7 Å². The highest BCUT2D eigenvalue weighted by Gasteiger charge is 2.34. The van der Waals surface area contributed by atoms with E-state index in [1.54, 1.807) is 0 Å². The molecule has 0 spiro atoms. The molecule has 0 aromatic carbocycles. The van der Waals surface area contributed by atoms with Crippen molar-refractivity contribution in [1.29, 1.82) is 0 Å². The summed E-state index contributed by atoms with van der Waals surface area (Å²) >= 11 is 0. The highest BCUT2D eigenvalue weighted by atomic mass is 16.4. The first-order chi connectivity index (χ1) is 9.41. The molecule has 0 aromatic heterocycles. The largest absolute Gasteiger partial charge is 0.480 e. The lowest BCUT2D eigenvalue weighted by atomic mass is 9.93. The molecule has 0 bridgehead atoms. The maximum absolute atomic E-state index is 12.1. The van der Waals surface area contributed by atoms with Gasteiger partial charge in [-0.05, 0) is 31.1 Å². The van der Waals surface area contributed by atoms with Crippen molar-refractivity contribution in [3.8, 4) is 0 Å². The topological polar surface area (TPSA) is 69.6 Å². The monoisotopic (exact) mass is 284 g/mol. The van der Waals surface area contributed by atoms with Gasteiger partial charge < -0.3 is 15.3 Å². The molecule has 2 unspecified atom stereocenters. The summed E-state index contributed by atoms with van der Waals surface area (Å²) in [6.45, 7) is 7.58. The molecule has 2 amide bonds. The van der Waals surface area contributed by atoms with Gasteiger partial charge >= 0.3 is 12.0 Å². The zero-order valence-corrected chi connectivity index (χ0v) is 12.9. The molecule has 0 saturated carbocycles. The van der Waals surface area contributed by atoms with E-state index in [1.807, 2.05) is 6.92 Å². The van der Waals surface area contributed by atoms with Crippen LogP contribution >= 0.6 is 0 Å². The Labute approximate surface area is 121 Å². The zero-order valence-electron chi connectivity index (χ0n) is 12.9. The minimum Gasteiger partial charge on any atom is -0.480 e. The minimum atomic E-state index is -0.897. The Hall–Kier alpha value is -1.26. The van der Waals surface area contributed by atoms with E-state index in [-0.39, 0.29) is 6.03 Å². The lowest BCUT2D eigenvalue weighted by molar-refractivity contribution is -0.143. The Kier molecular flexibility index (Phi) is 6.82. The number of likely N-dealkylation sites (tertiary alicyclic amines) is 1. The maximum Gasteiger partial charge on any atom is 0.326 e. The van der Waals surface area contributed by atoms with Gasteiger partial charge in [0.05, 0.1) is 0 Å². The van der Waals surface area contributed by atoms with Crippen molar-refractivity contribution in [3.05, 3.63) is 0 Å². The number of carboxylic acid groups (broad SMARTS) is 1. The summed E-state index contributed by atoms with van der Waals surface area (Å²) in [5.74, 6) is 0.156. The molecule has 2 atom stereocenters. The third-order valence-electron chi connectivity index (χ3n) is 3.90. The number of aliphatic carboxylic acids is 1. The van der Waals surface area contributed by atoms with Crippen LogP contribution in [0.2, 0.25) is 0 Å². The van der Waals surface area contributed by atoms with E-state index in [2.05, 4.69) is 19.2 Å². The highest BCUT2D eigenvalue weighted by Crippen LogP contribution is 2.22. The molecule has 1 aliphatic rings. The van der Waals surface area contributed by atoms with Crippen molar-refractivity contribution in [2.24, 2.45) is 11.8 Å². The number of amides is 2. The average molecular weight is 284 g/mol. The van der Waals surface area contributed by atoms with E-state index in [4.69, 9.17) is 0 Å². The molecule has 116 valence electrons. The van der Waals surface area contributed by atoms with Crippen molar-refractivity contribution in [2.45, 2.75) is 58.9 Å². The van der Waals surface area contributed by atoms with Crippen LogP contribution in [0.25, 0.3) is 0 Å². The van der Waals surface area contributed by atoms with Crippen LogP contribution < -0.4 is 5.32 Å². The predicted octanol–water partition coefficient (Wildman–Crippen LogP) is 2.71. The number of nitrogens with zero attached hydrogens (tertiary/aromatic N) is 1. The van der Waals surface area contributed by atoms with Crippen molar-refractivity contribution >= 4 is 12.0 Å². The van der Waals surface area contributed by atoms with E-state index >= 15 is 0 Å². The fourth-order valence-corrected chi connectivity index (χ4v) is 2.59. The fraction of sp³-hybridized carbons (Fsp3) is 0.867. The molecule has 5 heteroatoms. The zero-order chi connectivity index (χ0) is 15.1. The number of hydrogen-bond donors (Lipinski definition) is 2. The third kappa shape index (κ3) is 5.39. The summed E-state index contributed by atoms with van der Waals surface area (Å²) < 4.78 is 0. The lowest BCUT2D eigenvalue weighted by Gasteiger charge is -2.35. The molecule has 1 saturated heterocycles. The highest BCUT2D eigenvalue weighted by molar-refractivity contribution is 5.82. The molecule has 20 heavy (non-hydrogen) atoms. The molecule has 5 nitrogen and oxygen atoms in total. The summed E-state index contributed by atoms with van der Waals surface area (Å²) in [5, 5.41) is 12.1. The number of unbranched alkanes of at least 4 members (excludes halogenated alkanes) is 1. The van der Waals surface area contributed by atoms with E-state index in [9.17, 15) is 14.7 Å². The van der Waals surface area contributed by atoms with E-state index in [0.29, 0.717) is 31.3 Å². The molecular weight excluding hydrogens is 256 g/mol. The molecule has 1 rings (SSSR count). The van der Waals surface area contributed by atoms with Crippen molar-refractivity contribution in [2.75, 3.05) is 13.1 Å². The molecule has 2 N–H and O–H groups in total. The van der Waals surface area contributed by atoms with Crippen LogP contribution in [0.3, 0.4) is 0 Å². The van der Waals surface area contributed by atoms with Crippen LogP contribution in [0.4, 0.5) is 4.79 Å². The first-order valence-corrected chi connectivity index (χ1v) is 7.69. The smallest absolute Gasteiger partial charge is 0.326 e. The van der Waals surface area contributed by atoms with Crippen LogP contribution in [-0.4, -0.2) is 41.1 Å². The Morgan fingerprint density at radius 2 is 2.05 bits per heavy atom. The number of rotatable bonds is 6. The number of carbonyl (C=O) groups excluding carboxylic acids is 1. The molecule has 1 fully saturated rings. The van der Waals surface area contributed by atoms with Gasteiger partial charge in [0.25, 0.3) is 0 Å². The summed E-state index contributed by atoms with van der Waals surface area (Å²) in [7, 11) is 0. The second kappa shape index (κ2) is 8.12. The minimum absolute atomic E-state index is 0.228. The Morgan fingerprint density at radius 1 is 1.35 bits per heavy atom. The number of urea groups is 1. The molecule has 1 heterocycles. The van der Waals surface area contributed by atoms with Crippen LogP contribution in [0, 0.1) is 11.8 Å². The van der Waals surface area contributed by atoms with Crippen LogP contribution in [0.1, 0.15) is 52.9 Å². The Balaban J connectivity index is 2.35. The quantitative estimate of drug-likeness (QED) is 0.737.